The summed E-state index contributed by atoms with van der Waals surface area (Å²) in [5, 5.41) is 3.49. The highest BCUT2D eigenvalue weighted by molar-refractivity contribution is 7.89. The van der Waals surface area contributed by atoms with Crippen molar-refractivity contribution in [3.63, 3.8) is 0 Å². The van der Waals surface area contributed by atoms with Crippen LogP contribution in [-0.2, 0) is 14.8 Å². The molecule has 4 aliphatic carbocycles. The number of hydrogen-bond donors (Lipinski definition) is 1. The van der Waals surface area contributed by atoms with Crippen molar-refractivity contribution in [3.8, 4) is 0 Å². The lowest BCUT2D eigenvalue weighted by Gasteiger charge is -2.57. The van der Waals surface area contributed by atoms with Crippen LogP contribution in [0, 0.1) is 37.5 Å². The Morgan fingerprint density at radius 3 is 2.07 bits per heavy atom. The van der Waals surface area contributed by atoms with E-state index in [4.69, 9.17) is 0 Å². The zero-order valence-corrected chi connectivity index (χ0v) is 19.0. The van der Waals surface area contributed by atoms with E-state index in [-0.39, 0.29) is 17.4 Å². The Kier molecular flexibility index (Phi) is 5.01. The van der Waals surface area contributed by atoms with E-state index in [0.717, 1.165) is 48.1 Å². The highest BCUT2D eigenvalue weighted by Gasteiger charge is 2.52. The van der Waals surface area contributed by atoms with Crippen LogP contribution in [0.1, 0.15) is 62.5 Å². The smallest absolute Gasteiger partial charge is 0.243 e. The maximum absolute atomic E-state index is 13.1. The van der Waals surface area contributed by atoms with Crippen molar-refractivity contribution in [2.45, 2.75) is 75.6 Å². The molecule has 4 bridgehead atoms. The van der Waals surface area contributed by atoms with Crippen LogP contribution in [0.5, 0.6) is 0 Å². The predicted octanol–water partition coefficient (Wildman–Crippen LogP) is 3.79. The van der Waals surface area contributed by atoms with Gasteiger partial charge in [-0.05, 0) is 106 Å². The van der Waals surface area contributed by atoms with E-state index in [1.165, 1.54) is 19.3 Å². The number of rotatable bonds is 4. The summed E-state index contributed by atoms with van der Waals surface area (Å²) in [6, 6.07) is 5.33. The third-order valence-electron chi connectivity index (χ3n) is 8.37. The van der Waals surface area contributed by atoms with Crippen LogP contribution >= 0.6 is 0 Å². The SMILES string of the molecule is Cc1ccc(S(=O)(=O)N2CCC(C(=O)NC34CC5CC(CC(C5)C3)C4)CC2)cc1C. The van der Waals surface area contributed by atoms with Crippen molar-refractivity contribution in [2.24, 2.45) is 23.7 Å². The van der Waals surface area contributed by atoms with Gasteiger partial charge >= 0.3 is 0 Å². The largest absolute Gasteiger partial charge is 0.350 e. The van der Waals surface area contributed by atoms with Crippen LogP contribution in [0.15, 0.2) is 23.1 Å². The summed E-state index contributed by atoms with van der Waals surface area (Å²) in [5.41, 5.74) is 2.11. The van der Waals surface area contributed by atoms with Gasteiger partial charge < -0.3 is 5.32 Å². The Bertz CT molecular complexity index is 912. The quantitative estimate of drug-likeness (QED) is 0.790. The minimum Gasteiger partial charge on any atom is -0.350 e. The molecule has 1 amide bonds. The van der Waals surface area contributed by atoms with E-state index in [2.05, 4.69) is 5.32 Å². The highest BCUT2D eigenvalue weighted by Crippen LogP contribution is 2.55. The minimum atomic E-state index is -3.49. The van der Waals surface area contributed by atoms with Crippen molar-refractivity contribution in [1.29, 1.82) is 0 Å². The molecular weight excluding hydrogens is 396 g/mol. The fourth-order valence-electron chi connectivity index (χ4n) is 7.01. The maximum Gasteiger partial charge on any atom is 0.243 e. The topological polar surface area (TPSA) is 66.5 Å². The Morgan fingerprint density at radius 2 is 1.53 bits per heavy atom. The van der Waals surface area contributed by atoms with Crippen LogP contribution in [0.2, 0.25) is 0 Å². The van der Waals surface area contributed by atoms with Crippen LogP contribution in [0.25, 0.3) is 0 Å². The summed E-state index contributed by atoms with van der Waals surface area (Å²) >= 11 is 0. The number of benzene rings is 1. The number of carbonyl (C=O) groups excluding carboxylic acids is 1. The number of nitrogens with one attached hydrogen (secondary N) is 1. The molecule has 0 aromatic heterocycles. The molecule has 4 saturated carbocycles. The average Bonchev–Trinajstić information content (AvgIpc) is 2.68. The molecule has 1 saturated heterocycles. The Morgan fingerprint density at radius 1 is 0.967 bits per heavy atom. The Balaban J connectivity index is 1.22. The molecule has 0 spiro atoms. The second-order valence-electron chi connectivity index (χ2n) is 10.6. The minimum absolute atomic E-state index is 0.0362. The molecule has 1 heterocycles. The van der Waals surface area contributed by atoms with Crippen LogP contribution in [0.4, 0.5) is 0 Å². The molecule has 164 valence electrons. The number of piperidine rings is 1. The van der Waals surface area contributed by atoms with Crippen molar-refractivity contribution in [3.05, 3.63) is 29.3 Å². The lowest BCUT2D eigenvalue weighted by molar-refractivity contribution is -0.132. The van der Waals surface area contributed by atoms with E-state index in [1.54, 1.807) is 16.4 Å². The molecule has 1 aromatic carbocycles. The molecule has 5 aliphatic rings. The summed E-state index contributed by atoms with van der Waals surface area (Å²) in [6.07, 6.45) is 8.79. The third-order valence-corrected chi connectivity index (χ3v) is 10.3. The average molecular weight is 431 g/mol. The van der Waals surface area contributed by atoms with Gasteiger partial charge in [-0.1, -0.05) is 6.07 Å². The van der Waals surface area contributed by atoms with E-state index < -0.39 is 10.0 Å². The van der Waals surface area contributed by atoms with Gasteiger partial charge in [0.05, 0.1) is 4.90 Å². The first-order chi connectivity index (χ1) is 14.2. The van der Waals surface area contributed by atoms with E-state index in [0.29, 0.717) is 30.8 Å². The summed E-state index contributed by atoms with van der Waals surface area (Å²) in [7, 11) is -3.49. The number of hydrogen-bond acceptors (Lipinski definition) is 3. The second kappa shape index (κ2) is 7.33. The molecule has 1 N–H and O–H groups in total. The number of amides is 1. The van der Waals surface area contributed by atoms with Crippen LogP contribution in [-0.4, -0.2) is 37.3 Å². The molecule has 1 aliphatic heterocycles. The number of nitrogens with zero attached hydrogens (tertiary/aromatic N) is 1. The Labute approximate surface area is 180 Å². The van der Waals surface area contributed by atoms with Gasteiger partial charge in [-0.25, -0.2) is 8.42 Å². The summed E-state index contributed by atoms with van der Waals surface area (Å²) in [5.74, 6) is 2.52. The monoisotopic (exact) mass is 430 g/mol. The highest BCUT2D eigenvalue weighted by atomic mass is 32.2. The van der Waals surface area contributed by atoms with Crippen molar-refractivity contribution < 1.29 is 13.2 Å². The first-order valence-corrected chi connectivity index (χ1v) is 13.1. The second-order valence-corrected chi connectivity index (χ2v) is 12.5. The van der Waals surface area contributed by atoms with E-state index in [9.17, 15) is 13.2 Å². The summed E-state index contributed by atoms with van der Waals surface area (Å²) < 4.78 is 27.7. The molecule has 5 fully saturated rings. The van der Waals surface area contributed by atoms with Crippen molar-refractivity contribution in [2.75, 3.05) is 13.1 Å². The molecule has 6 heteroatoms. The standard InChI is InChI=1S/C24H34N2O3S/c1-16-3-4-22(9-17(16)2)30(28,29)26-7-5-21(6-8-26)23(27)25-24-13-18-10-19(14-24)12-20(11-18)15-24/h3-4,9,18-21H,5-8,10-15H2,1-2H3,(H,25,27). The zero-order chi connectivity index (χ0) is 21.1. The van der Waals surface area contributed by atoms with E-state index >= 15 is 0 Å². The molecule has 5 nitrogen and oxygen atoms in total. The number of carbonyl (C=O) groups is 1. The predicted molar refractivity (Wildman–Crippen MR) is 116 cm³/mol. The first-order valence-electron chi connectivity index (χ1n) is 11.6. The molecule has 0 radical (unpaired) electrons. The fraction of sp³-hybridized carbons (Fsp3) is 0.708. The van der Waals surface area contributed by atoms with E-state index in [1.807, 2.05) is 19.9 Å². The van der Waals surface area contributed by atoms with Gasteiger partial charge in [0.1, 0.15) is 0 Å². The van der Waals surface area contributed by atoms with Gasteiger partial charge in [0, 0.05) is 24.5 Å². The van der Waals surface area contributed by atoms with Crippen LogP contribution in [0.3, 0.4) is 0 Å². The van der Waals surface area contributed by atoms with Gasteiger partial charge in [-0.2, -0.15) is 4.31 Å². The number of aryl methyl sites for hydroxylation is 2. The van der Waals surface area contributed by atoms with Gasteiger partial charge in [0.25, 0.3) is 0 Å². The van der Waals surface area contributed by atoms with Crippen molar-refractivity contribution in [1.82, 2.24) is 9.62 Å². The van der Waals surface area contributed by atoms with Crippen molar-refractivity contribution >= 4 is 15.9 Å². The maximum atomic E-state index is 13.1. The molecule has 0 atom stereocenters. The molecule has 0 unspecified atom stereocenters. The summed E-state index contributed by atoms with van der Waals surface area (Å²) in [6.45, 7) is 4.78. The molecule has 6 rings (SSSR count). The van der Waals surface area contributed by atoms with Gasteiger partial charge in [-0.15, -0.1) is 0 Å². The lowest BCUT2D eigenvalue weighted by Crippen LogP contribution is -2.61. The van der Waals surface area contributed by atoms with Crippen LogP contribution < -0.4 is 5.32 Å². The van der Waals surface area contributed by atoms with Gasteiger partial charge in [0.15, 0.2) is 0 Å². The lowest BCUT2D eigenvalue weighted by atomic mass is 9.53. The van der Waals surface area contributed by atoms with Gasteiger partial charge in [-0.3, -0.25) is 4.79 Å². The Hall–Kier alpha value is -1.40. The molecular formula is C24H34N2O3S. The fourth-order valence-corrected chi connectivity index (χ4v) is 8.56. The third kappa shape index (κ3) is 3.60. The normalized spacial score (nSPS) is 34.3. The zero-order valence-electron chi connectivity index (χ0n) is 18.2. The molecule has 1 aromatic rings. The first kappa shape index (κ1) is 20.5. The number of sulfonamides is 1. The summed E-state index contributed by atoms with van der Waals surface area (Å²) in [4.78, 5) is 13.5. The van der Waals surface area contributed by atoms with Gasteiger partial charge in [0.2, 0.25) is 15.9 Å². The molecule has 30 heavy (non-hydrogen) atoms.